The van der Waals surface area contributed by atoms with Gasteiger partial charge >= 0.3 is 0 Å². The fraction of sp³-hybridized carbons (Fsp3) is 0.308. The second-order valence-corrected chi connectivity index (χ2v) is 7.69. The Kier molecular flexibility index (Phi) is 5.40. The van der Waals surface area contributed by atoms with Crippen LogP contribution in [-0.2, 0) is 5.54 Å². The molecule has 3 aromatic carbocycles. The molecule has 0 bridgehead atoms. The van der Waals surface area contributed by atoms with Crippen LogP contribution in [0.4, 0.5) is 0 Å². The maximum absolute atomic E-state index is 3.66. The maximum Gasteiger partial charge on any atom is 0.0945 e. The number of hydrogen-bond acceptors (Lipinski definition) is 1. The maximum atomic E-state index is 3.66. The summed E-state index contributed by atoms with van der Waals surface area (Å²) in [5, 5.41) is 3.66. The van der Waals surface area contributed by atoms with Crippen LogP contribution in [0.25, 0.3) is 0 Å². The van der Waals surface area contributed by atoms with Crippen molar-refractivity contribution in [1.82, 2.24) is 5.32 Å². The lowest BCUT2D eigenvalue weighted by molar-refractivity contribution is 0.443. The van der Waals surface area contributed by atoms with Crippen LogP contribution >= 0.6 is 0 Å². The van der Waals surface area contributed by atoms with Crippen molar-refractivity contribution in [2.75, 3.05) is 7.05 Å². The number of hydrogen-bond donors (Lipinski definition) is 1. The average Bonchev–Trinajstić information content (AvgIpc) is 2.77. The minimum atomic E-state index is -0.340. The molecule has 1 aliphatic carbocycles. The van der Waals surface area contributed by atoms with E-state index in [1.165, 1.54) is 54.4 Å². The highest BCUT2D eigenvalue weighted by molar-refractivity contribution is 5.50. The highest BCUT2D eigenvalue weighted by atomic mass is 14.9. The van der Waals surface area contributed by atoms with Crippen molar-refractivity contribution in [1.29, 1.82) is 0 Å². The van der Waals surface area contributed by atoms with Gasteiger partial charge in [-0.2, -0.15) is 0 Å². The van der Waals surface area contributed by atoms with Gasteiger partial charge in [0, 0.05) is 0 Å². The first-order chi connectivity index (χ1) is 13.3. The number of nitrogens with one attached hydrogen (secondary N) is 1. The molecule has 1 aliphatic rings. The molecular formula is C26H29N. The quantitative estimate of drug-likeness (QED) is 0.534. The topological polar surface area (TPSA) is 12.0 Å². The lowest BCUT2D eigenvalue weighted by Crippen LogP contribution is -2.42. The van der Waals surface area contributed by atoms with Gasteiger partial charge in [0.15, 0.2) is 0 Å². The van der Waals surface area contributed by atoms with Crippen LogP contribution in [0.1, 0.15) is 60.3 Å². The Morgan fingerprint density at radius 3 is 1.59 bits per heavy atom. The van der Waals surface area contributed by atoms with Crippen LogP contribution in [0, 0.1) is 0 Å². The molecule has 0 saturated heterocycles. The Hall–Kier alpha value is -2.38. The lowest BCUT2D eigenvalue weighted by atomic mass is 9.76. The number of rotatable bonds is 5. The van der Waals surface area contributed by atoms with E-state index in [0.29, 0.717) is 0 Å². The summed E-state index contributed by atoms with van der Waals surface area (Å²) in [5.74, 6) is 0.741. The Morgan fingerprint density at radius 2 is 1.11 bits per heavy atom. The molecule has 0 spiro atoms. The van der Waals surface area contributed by atoms with Gasteiger partial charge in [0.05, 0.1) is 5.54 Å². The first-order valence-electron chi connectivity index (χ1n) is 10.2. The summed E-state index contributed by atoms with van der Waals surface area (Å²) in [5.41, 5.74) is 4.99. The van der Waals surface area contributed by atoms with Crippen molar-refractivity contribution in [3.05, 3.63) is 107 Å². The third-order valence-electron chi connectivity index (χ3n) is 6.21. The molecule has 1 heteroatoms. The standard InChI is InChI=1S/C26H29N/c1-27-26(23-13-7-3-8-14-23,24-15-9-4-10-16-24)25-19-17-22(18-20-25)21-11-5-2-6-12-21/h3-4,7-10,13-21,27H,2,5-6,11-12H2,1H3. The third kappa shape index (κ3) is 3.44. The fourth-order valence-electron chi connectivity index (χ4n) is 4.75. The zero-order valence-electron chi connectivity index (χ0n) is 16.2. The van der Waals surface area contributed by atoms with Crippen LogP contribution in [-0.4, -0.2) is 7.05 Å². The molecule has 1 fully saturated rings. The summed E-state index contributed by atoms with van der Waals surface area (Å²) in [7, 11) is 2.06. The van der Waals surface area contributed by atoms with E-state index in [2.05, 4.69) is 97.3 Å². The van der Waals surface area contributed by atoms with Gasteiger partial charge in [0.2, 0.25) is 0 Å². The van der Waals surface area contributed by atoms with E-state index >= 15 is 0 Å². The molecule has 27 heavy (non-hydrogen) atoms. The van der Waals surface area contributed by atoms with Crippen molar-refractivity contribution in [2.45, 2.75) is 43.6 Å². The molecular weight excluding hydrogens is 326 g/mol. The molecule has 1 nitrogen and oxygen atoms in total. The minimum Gasteiger partial charge on any atom is -0.303 e. The van der Waals surface area contributed by atoms with E-state index in [9.17, 15) is 0 Å². The van der Waals surface area contributed by atoms with Crippen molar-refractivity contribution in [2.24, 2.45) is 0 Å². The van der Waals surface area contributed by atoms with Crippen LogP contribution in [0.3, 0.4) is 0 Å². The first kappa shape index (κ1) is 18.0. The van der Waals surface area contributed by atoms with Gasteiger partial charge in [-0.05, 0) is 48.1 Å². The van der Waals surface area contributed by atoms with E-state index in [-0.39, 0.29) is 5.54 Å². The first-order valence-corrected chi connectivity index (χ1v) is 10.2. The fourth-order valence-corrected chi connectivity index (χ4v) is 4.75. The normalized spacial score (nSPS) is 15.6. The van der Waals surface area contributed by atoms with Gasteiger partial charge in [-0.15, -0.1) is 0 Å². The SMILES string of the molecule is CNC(c1ccccc1)(c1ccccc1)c1ccc(C2CCCCC2)cc1. The second kappa shape index (κ2) is 8.10. The van der Waals surface area contributed by atoms with Crippen molar-refractivity contribution >= 4 is 0 Å². The van der Waals surface area contributed by atoms with E-state index in [1.54, 1.807) is 0 Å². The van der Waals surface area contributed by atoms with Crippen LogP contribution in [0.2, 0.25) is 0 Å². The summed E-state index contributed by atoms with van der Waals surface area (Å²) >= 11 is 0. The van der Waals surface area contributed by atoms with Gasteiger partial charge in [-0.3, -0.25) is 0 Å². The van der Waals surface area contributed by atoms with Gasteiger partial charge in [-0.25, -0.2) is 0 Å². The van der Waals surface area contributed by atoms with Crippen LogP contribution in [0.15, 0.2) is 84.9 Å². The Labute approximate surface area is 163 Å². The molecule has 0 amide bonds. The largest absolute Gasteiger partial charge is 0.303 e. The van der Waals surface area contributed by atoms with Crippen molar-refractivity contribution in [3.63, 3.8) is 0 Å². The van der Waals surface area contributed by atoms with Crippen LogP contribution < -0.4 is 5.32 Å². The third-order valence-corrected chi connectivity index (χ3v) is 6.21. The summed E-state index contributed by atoms with van der Waals surface area (Å²) < 4.78 is 0. The van der Waals surface area contributed by atoms with Crippen molar-refractivity contribution < 1.29 is 0 Å². The van der Waals surface area contributed by atoms with Gasteiger partial charge < -0.3 is 5.32 Å². The molecule has 1 saturated carbocycles. The van der Waals surface area contributed by atoms with Gasteiger partial charge in [-0.1, -0.05) is 104 Å². The Bertz CT molecular complexity index is 791. The predicted molar refractivity (Wildman–Crippen MR) is 114 cm³/mol. The van der Waals surface area contributed by atoms with E-state index < -0.39 is 0 Å². The van der Waals surface area contributed by atoms with Gasteiger partial charge in [0.25, 0.3) is 0 Å². The zero-order valence-corrected chi connectivity index (χ0v) is 16.2. The smallest absolute Gasteiger partial charge is 0.0945 e. The lowest BCUT2D eigenvalue weighted by Gasteiger charge is -2.36. The summed E-state index contributed by atoms with van der Waals surface area (Å²) in [6.07, 6.45) is 6.84. The Morgan fingerprint density at radius 1 is 0.630 bits per heavy atom. The summed E-state index contributed by atoms with van der Waals surface area (Å²) in [4.78, 5) is 0. The van der Waals surface area contributed by atoms with E-state index in [4.69, 9.17) is 0 Å². The zero-order chi connectivity index (χ0) is 18.5. The molecule has 0 aliphatic heterocycles. The molecule has 0 aromatic heterocycles. The van der Waals surface area contributed by atoms with Crippen molar-refractivity contribution in [3.8, 4) is 0 Å². The second-order valence-electron chi connectivity index (χ2n) is 7.69. The van der Waals surface area contributed by atoms with Gasteiger partial charge in [0.1, 0.15) is 0 Å². The summed E-state index contributed by atoms with van der Waals surface area (Å²) in [6.45, 7) is 0. The predicted octanol–water partition coefficient (Wildman–Crippen LogP) is 6.25. The highest BCUT2D eigenvalue weighted by Gasteiger charge is 2.34. The number of benzene rings is 3. The molecule has 0 radical (unpaired) electrons. The molecule has 1 N–H and O–H groups in total. The molecule has 3 aromatic rings. The molecule has 4 rings (SSSR count). The van der Waals surface area contributed by atoms with Crippen LogP contribution in [0.5, 0.6) is 0 Å². The van der Waals surface area contributed by atoms with E-state index in [1.807, 2.05) is 0 Å². The minimum absolute atomic E-state index is 0.340. The van der Waals surface area contributed by atoms with E-state index in [0.717, 1.165) is 5.92 Å². The molecule has 0 unspecified atom stereocenters. The molecule has 0 heterocycles. The monoisotopic (exact) mass is 355 g/mol. The molecule has 0 atom stereocenters. The molecule has 138 valence electrons. The highest BCUT2D eigenvalue weighted by Crippen LogP contribution is 2.38. The Balaban J connectivity index is 1.79. The average molecular weight is 356 g/mol. The summed E-state index contributed by atoms with van der Waals surface area (Å²) in [6, 6.07) is 31.0.